The standard InChI is InChI=1S/C28H23ClN6OS2/c1-15(2)17-8-10-18(11-9-17)24-20(12-30)25(32)34-27(21(24)13-31)38-16(3)26(36)35-28-33-23(14-37-28)19-6-4-5-7-22(19)29/h4-11,14-16H,1-3H3,(H2,32,34)(H,33,35,36). The van der Waals surface area contributed by atoms with Crippen LogP contribution in [0.3, 0.4) is 0 Å². The van der Waals surface area contributed by atoms with E-state index in [-0.39, 0.29) is 27.9 Å². The Balaban J connectivity index is 1.60. The van der Waals surface area contributed by atoms with E-state index in [0.717, 1.165) is 22.9 Å². The number of anilines is 2. The summed E-state index contributed by atoms with van der Waals surface area (Å²) in [5.41, 5.74) is 10.1. The van der Waals surface area contributed by atoms with Crippen LogP contribution in [0.25, 0.3) is 22.4 Å². The number of thioether (sulfide) groups is 1. The first kappa shape index (κ1) is 27.2. The van der Waals surface area contributed by atoms with Crippen LogP contribution in [0.15, 0.2) is 58.9 Å². The smallest absolute Gasteiger partial charge is 0.239 e. The molecule has 0 fully saturated rings. The molecular weight excluding hydrogens is 536 g/mol. The molecule has 2 aromatic heterocycles. The first-order chi connectivity index (χ1) is 18.2. The first-order valence-corrected chi connectivity index (χ1v) is 13.8. The van der Waals surface area contributed by atoms with Gasteiger partial charge in [-0.15, -0.1) is 11.3 Å². The molecular formula is C28H23ClN6OS2. The number of halogens is 1. The molecule has 3 N–H and O–H groups in total. The normalized spacial score (nSPS) is 11.6. The Morgan fingerprint density at radius 3 is 2.37 bits per heavy atom. The number of hydrogen-bond donors (Lipinski definition) is 2. The van der Waals surface area contributed by atoms with Gasteiger partial charge in [-0.25, -0.2) is 9.97 Å². The highest BCUT2D eigenvalue weighted by Gasteiger charge is 2.24. The lowest BCUT2D eigenvalue weighted by atomic mass is 9.94. The fourth-order valence-electron chi connectivity index (χ4n) is 3.76. The van der Waals surface area contributed by atoms with E-state index >= 15 is 0 Å². The summed E-state index contributed by atoms with van der Waals surface area (Å²) in [5.74, 6) is 0.0295. The summed E-state index contributed by atoms with van der Waals surface area (Å²) in [4.78, 5) is 21.8. The average Bonchev–Trinajstić information content (AvgIpc) is 3.36. The van der Waals surface area contributed by atoms with Gasteiger partial charge in [0.25, 0.3) is 0 Å². The number of nitrogens with zero attached hydrogens (tertiary/aromatic N) is 4. The molecule has 4 aromatic rings. The number of nitrogens with two attached hydrogens (primary N) is 1. The summed E-state index contributed by atoms with van der Waals surface area (Å²) in [7, 11) is 0. The second-order valence-electron chi connectivity index (χ2n) is 8.69. The highest BCUT2D eigenvalue weighted by atomic mass is 35.5. The third-order valence-corrected chi connectivity index (χ3v) is 8.00. The Hall–Kier alpha value is -3.89. The number of nitriles is 2. The van der Waals surface area contributed by atoms with Gasteiger partial charge in [-0.3, -0.25) is 4.79 Å². The largest absolute Gasteiger partial charge is 0.383 e. The summed E-state index contributed by atoms with van der Waals surface area (Å²) < 4.78 is 0. The fraction of sp³-hybridized carbons (Fsp3) is 0.179. The molecule has 0 spiro atoms. The lowest BCUT2D eigenvalue weighted by Crippen LogP contribution is -2.22. The summed E-state index contributed by atoms with van der Waals surface area (Å²) in [5, 5.41) is 25.1. The van der Waals surface area contributed by atoms with E-state index in [4.69, 9.17) is 17.3 Å². The topological polar surface area (TPSA) is 128 Å². The molecule has 7 nitrogen and oxygen atoms in total. The van der Waals surface area contributed by atoms with Gasteiger partial charge in [0.1, 0.15) is 28.5 Å². The van der Waals surface area contributed by atoms with Crippen LogP contribution in [0, 0.1) is 22.7 Å². The van der Waals surface area contributed by atoms with Crippen molar-refractivity contribution in [2.45, 2.75) is 37.0 Å². The highest BCUT2D eigenvalue weighted by molar-refractivity contribution is 8.00. The van der Waals surface area contributed by atoms with Crippen LogP contribution >= 0.6 is 34.7 Å². The monoisotopic (exact) mass is 558 g/mol. The van der Waals surface area contributed by atoms with Crippen molar-refractivity contribution in [3.05, 3.63) is 75.6 Å². The van der Waals surface area contributed by atoms with Gasteiger partial charge in [0.15, 0.2) is 5.13 Å². The van der Waals surface area contributed by atoms with Gasteiger partial charge in [0, 0.05) is 21.5 Å². The number of pyridine rings is 1. The lowest BCUT2D eigenvalue weighted by Gasteiger charge is -2.16. The van der Waals surface area contributed by atoms with Crippen LogP contribution in [0.1, 0.15) is 43.4 Å². The molecule has 1 amide bonds. The van der Waals surface area contributed by atoms with Gasteiger partial charge < -0.3 is 11.1 Å². The molecule has 1 unspecified atom stereocenters. The number of nitrogen functional groups attached to an aromatic ring is 1. The number of rotatable bonds is 7. The molecule has 0 saturated carbocycles. The van der Waals surface area contributed by atoms with Crippen molar-refractivity contribution < 1.29 is 4.79 Å². The van der Waals surface area contributed by atoms with E-state index in [1.165, 1.54) is 11.3 Å². The van der Waals surface area contributed by atoms with Gasteiger partial charge in [-0.2, -0.15) is 10.5 Å². The van der Waals surface area contributed by atoms with Crippen molar-refractivity contribution >= 4 is 51.6 Å². The van der Waals surface area contributed by atoms with Gasteiger partial charge in [0.05, 0.1) is 16.5 Å². The number of benzene rings is 2. The summed E-state index contributed by atoms with van der Waals surface area (Å²) in [6.07, 6.45) is 0. The Bertz CT molecular complexity index is 1580. The SMILES string of the molecule is CC(Sc1nc(N)c(C#N)c(-c2ccc(C(C)C)cc2)c1C#N)C(=O)Nc1nc(-c2ccccc2Cl)cs1. The highest BCUT2D eigenvalue weighted by Crippen LogP contribution is 2.38. The maximum absolute atomic E-state index is 13.0. The molecule has 0 aliphatic carbocycles. The molecule has 0 aliphatic heterocycles. The molecule has 10 heteroatoms. The second kappa shape index (κ2) is 11.7. The molecule has 38 heavy (non-hydrogen) atoms. The minimum atomic E-state index is -0.634. The van der Waals surface area contributed by atoms with Gasteiger partial charge in [-0.1, -0.05) is 79.7 Å². The van der Waals surface area contributed by atoms with E-state index < -0.39 is 5.25 Å². The summed E-state index contributed by atoms with van der Waals surface area (Å²) >= 11 is 8.65. The number of hydrogen-bond acceptors (Lipinski definition) is 8. The van der Waals surface area contributed by atoms with Gasteiger partial charge in [-0.05, 0) is 30.0 Å². The zero-order chi connectivity index (χ0) is 27.4. The fourth-order valence-corrected chi connectivity index (χ4v) is 5.62. The van der Waals surface area contributed by atoms with Crippen LogP contribution in [-0.4, -0.2) is 21.1 Å². The molecule has 0 bridgehead atoms. The Labute approximate surface area is 234 Å². The first-order valence-electron chi connectivity index (χ1n) is 11.6. The van der Waals surface area contributed by atoms with E-state index in [1.54, 1.807) is 13.0 Å². The van der Waals surface area contributed by atoms with Crippen molar-refractivity contribution in [1.29, 1.82) is 10.5 Å². The van der Waals surface area contributed by atoms with Crippen molar-refractivity contribution in [2.24, 2.45) is 0 Å². The van der Waals surface area contributed by atoms with E-state index in [0.29, 0.717) is 32.9 Å². The quantitative estimate of drug-likeness (QED) is 0.231. The van der Waals surface area contributed by atoms with Crippen molar-refractivity contribution in [1.82, 2.24) is 9.97 Å². The molecule has 0 aliphatic rings. The summed E-state index contributed by atoms with van der Waals surface area (Å²) in [6, 6.07) is 19.3. The van der Waals surface area contributed by atoms with Crippen molar-refractivity contribution in [3.63, 3.8) is 0 Å². The average molecular weight is 559 g/mol. The van der Waals surface area contributed by atoms with E-state index in [9.17, 15) is 15.3 Å². The molecule has 0 radical (unpaired) electrons. The third-order valence-electron chi connectivity index (χ3n) is 5.82. The number of carbonyl (C=O) groups is 1. The Morgan fingerprint density at radius 2 is 1.74 bits per heavy atom. The lowest BCUT2D eigenvalue weighted by molar-refractivity contribution is -0.115. The van der Waals surface area contributed by atoms with Crippen molar-refractivity contribution in [2.75, 3.05) is 11.1 Å². The van der Waals surface area contributed by atoms with Crippen LogP contribution in [0.2, 0.25) is 5.02 Å². The summed E-state index contributed by atoms with van der Waals surface area (Å²) in [6.45, 7) is 5.88. The minimum Gasteiger partial charge on any atom is -0.383 e. The number of aromatic nitrogens is 2. The van der Waals surface area contributed by atoms with Crippen LogP contribution in [-0.2, 0) is 4.79 Å². The number of amides is 1. The third kappa shape index (κ3) is 5.66. The Morgan fingerprint density at radius 1 is 1.05 bits per heavy atom. The van der Waals surface area contributed by atoms with Gasteiger partial charge in [0.2, 0.25) is 5.91 Å². The number of nitrogens with one attached hydrogen (secondary N) is 1. The van der Waals surface area contributed by atoms with Crippen LogP contribution in [0.4, 0.5) is 10.9 Å². The molecule has 1 atom stereocenters. The maximum atomic E-state index is 13.0. The maximum Gasteiger partial charge on any atom is 0.239 e. The second-order valence-corrected chi connectivity index (χ2v) is 11.3. The zero-order valence-corrected chi connectivity index (χ0v) is 23.2. The van der Waals surface area contributed by atoms with Crippen LogP contribution in [0.5, 0.6) is 0 Å². The zero-order valence-electron chi connectivity index (χ0n) is 20.8. The Kier molecular flexibility index (Phi) is 8.33. The van der Waals surface area contributed by atoms with E-state index in [2.05, 4.69) is 41.3 Å². The number of carbonyl (C=O) groups excluding carboxylic acids is 1. The molecule has 190 valence electrons. The predicted octanol–water partition coefficient (Wildman–Crippen LogP) is 7.09. The molecule has 2 aromatic carbocycles. The van der Waals surface area contributed by atoms with Crippen molar-refractivity contribution in [3.8, 4) is 34.5 Å². The molecule has 0 saturated heterocycles. The predicted molar refractivity (Wildman–Crippen MR) is 154 cm³/mol. The molecule has 4 rings (SSSR count). The van der Waals surface area contributed by atoms with Gasteiger partial charge >= 0.3 is 0 Å². The molecule has 2 heterocycles. The van der Waals surface area contributed by atoms with Crippen LogP contribution < -0.4 is 11.1 Å². The van der Waals surface area contributed by atoms with E-state index in [1.807, 2.05) is 47.8 Å². The minimum absolute atomic E-state index is 0.00819. The number of thiazole rings is 1.